The molecule has 4 N–H and O–H groups in total. The van der Waals surface area contributed by atoms with Crippen molar-refractivity contribution in [1.29, 1.82) is 0 Å². The summed E-state index contributed by atoms with van der Waals surface area (Å²) in [5, 5.41) is 20.4. The SMILES string of the molecule is COc1ccc2c(c1)S(=O)(=O)NC(=NC(CO)C(=O)O)N2. The molecule has 0 aromatic heterocycles. The molecule has 0 saturated heterocycles. The van der Waals surface area contributed by atoms with E-state index in [1.807, 2.05) is 0 Å². The van der Waals surface area contributed by atoms with Crippen LogP contribution in [-0.2, 0) is 14.8 Å². The van der Waals surface area contributed by atoms with Gasteiger partial charge in [0.25, 0.3) is 10.0 Å². The summed E-state index contributed by atoms with van der Waals surface area (Å²) in [6.45, 7) is -0.752. The van der Waals surface area contributed by atoms with Crippen LogP contribution in [-0.4, -0.2) is 50.3 Å². The van der Waals surface area contributed by atoms with Crippen molar-refractivity contribution in [2.45, 2.75) is 10.9 Å². The Balaban J connectivity index is 2.42. The van der Waals surface area contributed by atoms with Crippen molar-refractivity contribution in [2.24, 2.45) is 4.99 Å². The number of nitrogens with one attached hydrogen (secondary N) is 2. The second kappa shape index (κ2) is 5.58. The summed E-state index contributed by atoms with van der Waals surface area (Å²) < 4.78 is 31.2. The third kappa shape index (κ3) is 3.06. The van der Waals surface area contributed by atoms with E-state index >= 15 is 0 Å². The van der Waals surface area contributed by atoms with E-state index in [1.165, 1.54) is 19.2 Å². The van der Waals surface area contributed by atoms with Crippen LogP contribution in [0, 0.1) is 0 Å². The lowest BCUT2D eigenvalue weighted by atomic mass is 10.3. The fourth-order valence-corrected chi connectivity index (χ4v) is 2.83. The molecule has 1 aromatic carbocycles. The molecule has 0 aliphatic carbocycles. The molecule has 0 spiro atoms. The second-order valence-electron chi connectivity index (χ2n) is 4.11. The van der Waals surface area contributed by atoms with Crippen LogP contribution in [0.4, 0.5) is 5.69 Å². The van der Waals surface area contributed by atoms with E-state index in [9.17, 15) is 13.2 Å². The summed E-state index contributed by atoms with van der Waals surface area (Å²) in [5.41, 5.74) is 0.232. The van der Waals surface area contributed by atoms with Gasteiger partial charge in [0.2, 0.25) is 5.96 Å². The summed E-state index contributed by atoms with van der Waals surface area (Å²) in [5.74, 6) is -1.28. The number of carbonyl (C=O) groups is 1. The number of sulfonamides is 1. The fraction of sp³-hybridized carbons (Fsp3) is 0.273. The van der Waals surface area contributed by atoms with E-state index in [4.69, 9.17) is 14.9 Å². The number of anilines is 1. The van der Waals surface area contributed by atoms with E-state index in [1.54, 1.807) is 6.07 Å². The zero-order chi connectivity index (χ0) is 15.6. The highest BCUT2D eigenvalue weighted by Gasteiger charge is 2.28. The number of aliphatic carboxylic acids is 1. The van der Waals surface area contributed by atoms with E-state index in [-0.39, 0.29) is 16.5 Å². The Morgan fingerprint density at radius 3 is 2.76 bits per heavy atom. The lowest BCUT2D eigenvalue weighted by Crippen LogP contribution is -2.42. The third-order valence-corrected chi connectivity index (χ3v) is 4.08. The molecule has 0 radical (unpaired) electrons. The van der Waals surface area contributed by atoms with E-state index in [0.29, 0.717) is 5.75 Å². The molecule has 1 unspecified atom stereocenters. The highest BCUT2D eigenvalue weighted by atomic mass is 32.2. The minimum Gasteiger partial charge on any atom is -0.497 e. The lowest BCUT2D eigenvalue weighted by molar-refractivity contribution is -0.139. The number of benzene rings is 1. The van der Waals surface area contributed by atoms with Crippen molar-refractivity contribution in [2.75, 3.05) is 19.0 Å². The number of carboxylic acid groups (broad SMARTS) is 1. The first-order chi connectivity index (χ1) is 9.87. The average molecular weight is 315 g/mol. The first kappa shape index (κ1) is 15.1. The van der Waals surface area contributed by atoms with Crippen LogP contribution in [0.1, 0.15) is 0 Å². The van der Waals surface area contributed by atoms with Gasteiger partial charge in [0, 0.05) is 6.07 Å². The average Bonchev–Trinajstić information content (AvgIpc) is 2.43. The predicted octanol–water partition coefficient (Wildman–Crippen LogP) is -0.800. The van der Waals surface area contributed by atoms with Crippen molar-refractivity contribution >= 4 is 27.6 Å². The zero-order valence-corrected chi connectivity index (χ0v) is 11.7. The van der Waals surface area contributed by atoms with E-state index in [0.717, 1.165) is 0 Å². The normalized spacial score (nSPS) is 19.0. The Kier molecular flexibility index (Phi) is 4.00. The quantitative estimate of drug-likeness (QED) is 0.571. The molecule has 0 fully saturated rings. The van der Waals surface area contributed by atoms with Crippen LogP contribution >= 0.6 is 0 Å². The number of hydrogen-bond donors (Lipinski definition) is 4. The van der Waals surface area contributed by atoms with Gasteiger partial charge < -0.3 is 20.3 Å². The molecule has 1 heterocycles. The molecule has 9 nitrogen and oxygen atoms in total. The molecule has 0 amide bonds. The monoisotopic (exact) mass is 315 g/mol. The van der Waals surface area contributed by atoms with Crippen molar-refractivity contribution in [1.82, 2.24) is 4.72 Å². The number of methoxy groups -OCH3 is 1. The van der Waals surface area contributed by atoms with Gasteiger partial charge in [-0.3, -0.25) is 0 Å². The van der Waals surface area contributed by atoms with Crippen LogP contribution in [0.5, 0.6) is 5.75 Å². The number of hydrogen-bond acceptors (Lipinski definition) is 6. The minimum absolute atomic E-state index is 0.0447. The zero-order valence-electron chi connectivity index (χ0n) is 10.9. The Morgan fingerprint density at radius 1 is 1.48 bits per heavy atom. The van der Waals surface area contributed by atoms with Crippen molar-refractivity contribution in [3.8, 4) is 5.75 Å². The summed E-state index contributed by atoms with van der Waals surface area (Å²) >= 11 is 0. The van der Waals surface area contributed by atoms with Gasteiger partial charge in [0.15, 0.2) is 6.04 Å². The van der Waals surface area contributed by atoms with Gasteiger partial charge in [0.1, 0.15) is 10.6 Å². The fourth-order valence-electron chi connectivity index (χ4n) is 1.68. The molecule has 114 valence electrons. The van der Waals surface area contributed by atoms with Gasteiger partial charge in [-0.1, -0.05) is 0 Å². The highest BCUT2D eigenvalue weighted by Crippen LogP contribution is 2.28. The van der Waals surface area contributed by atoms with Crippen molar-refractivity contribution in [3.63, 3.8) is 0 Å². The number of rotatable bonds is 4. The first-order valence-electron chi connectivity index (χ1n) is 5.76. The molecule has 0 bridgehead atoms. The first-order valence-corrected chi connectivity index (χ1v) is 7.25. The number of carboxylic acids is 1. The maximum atomic E-state index is 12.1. The smallest absolute Gasteiger partial charge is 0.330 e. The van der Waals surface area contributed by atoms with Gasteiger partial charge in [0.05, 0.1) is 19.4 Å². The summed E-state index contributed by atoms with van der Waals surface area (Å²) in [4.78, 5) is 14.4. The predicted molar refractivity (Wildman–Crippen MR) is 72.9 cm³/mol. The Hall–Kier alpha value is -2.33. The Labute approximate surface area is 120 Å². The summed E-state index contributed by atoms with van der Waals surface area (Å²) in [7, 11) is -2.49. The van der Waals surface area contributed by atoms with Gasteiger partial charge in [-0.15, -0.1) is 0 Å². The van der Waals surface area contributed by atoms with Crippen molar-refractivity contribution < 1.29 is 28.2 Å². The van der Waals surface area contributed by atoms with Crippen LogP contribution in [0.3, 0.4) is 0 Å². The Morgan fingerprint density at radius 2 is 2.19 bits per heavy atom. The Bertz CT molecular complexity index is 700. The molecule has 0 saturated carbocycles. The van der Waals surface area contributed by atoms with Crippen molar-refractivity contribution in [3.05, 3.63) is 18.2 Å². The molecule has 21 heavy (non-hydrogen) atoms. The molecule has 10 heteroatoms. The topological polar surface area (TPSA) is 137 Å². The maximum Gasteiger partial charge on any atom is 0.330 e. The number of guanidine groups is 1. The number of aliphatic hydroxyl groups excluding tert-OH is 1. The lowest BCUT2D eigenvalue weighted by Gasteiger charge is -2.22. The van der Waals surface area contributed by atoms with Crippen LogP contribution in [0.15, 0.2) is 28.1 Å². The maximum absolute atomic E-state index is 12.1. The number of fused-ring (bicyclic) bond motifs is 1. The molecular weight excluding hydrogens is 302 g/mol. The number of aliphatic imine (C=N–C) groups is 1. The largest absolute Gasteiger partial charge is 0.497 e. The van der Waals surface area contributed by atoms with Crippen LogP contribution in [0.2, 0.25) is 0 Å². The summed E-state index contributed by atoms with van der Waals surface area (Å²) in [6.07, 6.45) is 0. The molecule has 1 aromatic rings. The van der Waals surface area contributed by atoms with Gasteiger partial charge >= 0.3 is 5.97 Å². The molecule has 1 aliphatic rings. The number of nitrogens with zero attached hydrogens (tertiary/aromatic N) is 1. The van der Waals surface area contributed by atoms with Crippen LogP contribution in [0.25, 0.3) is 0 Å². The highest BCUT2D eigenvalue weighted by molar-refractivity contribution is 7.90. The number of ether oxygens (including phenoxy) is 1. The molecular formula is C11H13N3O6S. The standard InChI is InChI=1S/C11H13N3O6S/c1-20-6-2-3-7-9(4-6)21(18,19)14-11(12-7)13-8(5-15)10(16)17/h2-4,8,15H,5H2,1H3,(H,16,17)(H2,12,13,14). The minimum atomic E-state index is -3.90. The molecule has 1 atom stereocenters. The van der Waals surface area contributed by atoms with Gasteiger partial charge in [-0.25, -0.2) is 22.9 Å². The van der Waals surface area contributed by atoms with E-state index < -0.39 is 28.6 Å². The number of aliphatic hydroxyl groups is 1. The second-order valence-corrected chi connectivity index (χ2v) is 5.76. The molecule has 2 rings (SSSR count). The van der Waals surface area contributed by atoms with Gasteiger partial charge in [-0.2, -0.15) is 0 Å². The van der Waals surface area contributed by atoms with Crippen LogP contribution < -0.4 is 14.8 Å². The molecule has 1 aliphatic heterocycles. The third-order valence-electron chi connectivity index (χ3n) is 2.71. The van der Waals surface area contributed by atoms with Gasteiger partial charge in [-0.05, 0) is 12.1 Å². The summed E-state index contributed by atoms with van der Waals surface area (Å²) in [6, 6.07) is 2.87. The van der Waals surface area contributed by atoms with E-state index in [2.05, 4.69) is 15.0 Å².